The summed E-state index contributed by atoms with van der Waals surface area (Å²) in [6.07, 6.45) is 7.31. The second kappa shape index (κ2) is 9.87. The van der Waals surface area contributed by atoms with Crippen molar-refractivity contribution in [1.82, 2.24) is 4.90 Å². The summed E-state index contributed by atoms with van der Waals surface area (Å²) in [5.74, 6) is 0.844. The third-order valence-corrected chi connectivity index (χ3v) is 4.88. The van der Waals surface area contributed by atoms with Gasteiger partial charge in [0.25, 0.3) is 0 Å². The number of aliphatic hydroxyl groups is 1. The lowest BCUT2D eigenvalue weighted by Gasteiger charge is -2.38. The van der Waals surface area contributed by atoms with Crippen LogP contribution < -0.4 is 0 Å². The first-order chi connectivity index (χ1) is 9.52. The molecule has 120 valence electrons. The van der Waals surface area contributed by atoms with Crippen LogP contribution in [0.1, 0.15) is 58.8 Å². The van der Waals surface area contributed by atoms with Crippen LogP contribution in [-0.2, 0) is 11.1 Å². The van der Waals surface area contributed by atoms with Crippen LogP contribution in [-0.4, -0.2) is 49.8 Å². The van der Waals surface area contributed by atoms with Crippen molar-refractivity contribution in [3.05, 3.63) is 0 Å². The second-order valence-electron chi connectivity index (χ2n) is 6.24. The Morgan fingerprint density at radius 3 is 2.75 bits per heavy atom. The zero-order chi connectivity index (χ0) is 15.0. The Kier molecular flexibility index (Phi) is 8.93. The molecule has 0 spiro atoms. The summed E-state index contributed by atoms with van der Waals surface area (Å²) in [4.78, 5) is 2.44. The average Bonchev–Trinajstić information content (AvgIpc) is 2.41. The molecular weight excluding hydrogens is 274 g/mol. The third kappa shape index (κ3) is 7.16. The number of unbranched alkanes of at least 4 members (excludes halogenated alkanes) is 1. The first kappa shape index (κ1) is 18.1. The monoisotopic (exact) mass is 305 g/mol. The molecule has 0 amide bonds. The van der Waals surface area contributed by atoms with Crippen molar-refractivity contribution in [2.45, 2.75) is 70.9 Å². The summed E-state index contributed by atoms with van der Waals surface area (Å²) >= 11 is -1.67. The molecule has 1 aliphatic rings. The van der Waals surface area contributed by atoms with Gasteiger partial charge in [-0.1, -0.05) is 26.7 Å². The Morgan fingerprint density at radius 1 is 1.40 bits per heavy atom. The molecule has 0 saturated carbocycles. The Hall–Kier alpha value is 0.0300. The second-order valence-corrected chi connectivity index (χ2v) is 7.29. The largest absolute Gasteiger partial charge is 0.392 e. The molecular formula is C15H31NO3S. The Morgan fingerprint density at radius 2 is 2.15 bits per heavy atom. The first-order valence-electron chi connectivity index (χ1n) is 8.02. The third-order valence-electron chi connectivity index (χ3n) is 4.29. The zero-order valence-corrected chi connectivity index (χ0v) is 13.8. The molecule has 20 heavy (non-hydrogen) atoms. The molecule has 0 radical (unpaired) electrons. The molecule has 4 nitrogen and oxygen atoms in total. The summed E-state index contributed by atoms with van der Waals surface area (Å²) in [6.45, 7) is 6.27. The van der Waals surface area contributed by atoms with Gasteiger partial charge < -0.3 is 9.66 Å². The predicted molar refractivity (Wildman–Crippen MR) is 84.2 cm³/mol. The van der Waals surface area contributed by atoms with Crippen molar-refractivity contribution < 1.29 is 13.9 Å². The van der Waals surface area contributed by atoms with Gasteiger partial charge in [0.1, 0.15) is 0 Å². The van der Waals surface area contributed by atoms with Crippen LogP contribution in [0.15, 0.2) is 0 Å². The van der Waals surface area contributed by atoms with Crippen LogP contribution in [0, 0.1) is 5.92 Å². The average molecular weight is 305 g/mol. The van der Waals surface area contributed by atoms with E-state index in [1.807, 2.05) is 0 Å². The van der Waals surface area contributed by atoms with Gasteiger partial charge in [0.2, 0.25) is 0 Å². The number of likely N-dealkylation sites (tertiary alicyclic amines) is 1. The van der Waals surface area contributed by atoms with E-state index in [4.69, 9.17) is 4.55 Å². The minimum absolute atomic E-state index is 0.173. The van der Waals surface area contributed by atoms with Gasteiger partial charge in [-0.2, -0.15) is 0 Å². The quantitative estimate of drug-likeness (QED) is 0.643. The van der Waals surface area contributed by atoms with Crippen LogP contribution >= 0.6 is 0 Å². The molecule has 1 rings (SSSR count). The molecule has 1 heterocycles. The maximum Gasteiger partial charge on any atom is 0.152 e. The molecule has 1 saturated heterocycles. The van der Waals surface area contributed by atoms with Crippen molar-refractivity contribution >= 4 is 11.1 Å². The van der Waals surface area contributed by atoms with Crippen molar-refractivity contribution in [1.29, 1.82) is 0 Å². The van der Waals surface area contributed by atoms with E-state index < -0.39 is 11.1 Å². The maximum atomic E-state index is 10.8. The smallest absolute Gasteiger partial charge is 0.152 e. The van der Waals surface area contributed by atoms with Crippen molar-refractivity contribution in [2.24, 2.45) is 5.92 Å². The van der Waals surface area contributed by atoms with Gasteiger partial charge in [0, 0.05) is 18.3 Å². The zero-order valence-electron chi connectivity index (χ0n) is 13.0. The molecule has 5 heteroatoms. The number of aliphatic hydroxyl groups excluding tert-OH is 1. The first-order valence-corrected chi connectivity index (χ1v) is 9.30. The lowest BCUT2D eigenvalue weighted by atomic mass is 9.93. The van der Waals surface area contributed by atoms with Crippen LogP contribution in [0.5, 0.6) is 0 Å². The molecule has 0 aromatic carbocycles. The van der Waals surface area contributed by atoms with E-state index in [9.17, 15) is 9.32 Å². The summed E-state index contributed by atoms with van der Waals surface area (Å²) < 4.78 is 19.7. The summed E-state index contributed by atoms with van der Waals surface area (Å²) in [5.41, 5.74) is 0. The van der Waals surface area contributed by atoms with Gasteiger partial charge in [-0.05, 0) is 44.6 Å². The summed E-state index contributed by atoms with van der Waals surface area (Å²) in [5, 5.41) is 9.85. The number of rotatable bonds is 9. The van der Waals surface area contributed by atoms with Crippen LogP contribution in [0.25, 0.3) is 0 Å². The Labute approximate surface area is 126 Å². The van der Waals surface area contributed by atoms with E-state index in [-0.39, 0.29) is 6.10 Å². The normalized spacial score (nSPS) is 25.3. The highest BCUT2D eigenvalue weighted by atomic mass is 32.2. The number of hydrogen-bond acceptors (Lipinski definition) is 3. The number of nitrogens with zero attached hydrogens (tertiary/aromatic N) is 1. The van der Waals surface area contributed by atoms with Gasteiger partial charge in [-0.3, -0.25) is 4.90 Å². The molecule has 0 bridgehead atoms. The fourth-order valence-electron chi connectivity index (χ4n) is 3.09. The van der Waals surface area contributed by atoms with Gasteiger partial charge in [-0.15, -0.1) is 0 Å². The topological polar surface area (TPSA) is 60.8 Å². The van der Waals surface area contributed by atoms with Gasteiger partial charge in [0.15, 0.2) is 11.1 Å². The van der Waals surface area contributed by atoms with E-state index in [1.54, 1.807) is 0 Å². The van der Waals surface area contributed by atoms with Crippen LogP contribution in [0.2, 0.25) is 0 Å². The summed E-state index contributed by atoms with van der Waals surface area (Å²) in [7, 11) is 0. The van der Waals surface area contributed by atoms with Crippen molar-refractivity contribution in [3.63, 3.8) is 0 Å². The van der Waals surface area contributed by atoms with E-state index >= 15 is 0 Å². The molecule has 0 aromatic rings. The standard InChI is InChI=1S/C15H31NO3S/c1-3-4-6-14(11-13(2)8-10-20(18)19)16-9-5-7-15(17)12-16/h13-15,17H,3-12H2,1-2H3,(H,18,19). The van der Waals surface area contributed by atoms with Crippen LogP contribution in [0.3, 0.4) is 0 Å². The van der Waals surface area contributed by atoms with E-state index in [2.05, 4.69) is 18.7 Å². The minimum atomic E-state index is -1.67. The Balaban J connectivity index is 2.47. The molecule has 0 aliphatic carbocycles. The molecule has 4 atom stereocenters. The van der Waals surface area contributed by atoms with Crippen LogP contribution in [0.4, 0.5) is 0 Å². The van der Waals surface area contributed by atoms with E-state index in [0.717, 1.165) is 38.8 Å². The fourth-order valence-corrected chi connectivity index (χ4v) is 3.69. The number of piperidine rings is 1. The Bertz CT molecular complexity index is 288. The lowest BCUT2D eigenvalue weighted by molar-refractivity contribution is 0.0369. The summed E-state index contributed by atoms with van der Waals surface area (Å²) in [6, 6.07) is 0.520. The maximum absolute atomic E-state index is 10.8. The highest BCUT2D eigenvalue weighted by Crippen LogP contribution is 2.23. The van der Waals surface area contributed by atoms with Crippen molar-refractivity contribution in [2.75, 3.05) is 18.8 Å². The van der Waals surface area contributed by atoms with Crippen molar-refractivity contribution in [3.8, 4) is 0 Å². The SMILES string of the molecule is CCCCC(CC(C)CCS(=O)O)N1CCCC(O)C1. The highest BCUT2D eigenvalue weighted by molar-refractivity contribution is 7.79. The fraction of sp³-hybridized carbons (Fsp3) is 1.00. The van der Waals surface area contributed by atoms with E-state index in [0.29, 0.717) is 17.7 Å². The van der Waals surface area contributed by atoms with Gasteiger partial charge in [0.05, 0.1) is 6.10 Å². The predicted octanol–water partition coefficient (Wildman–Crippen LogP) is 2.64. The van der Waals surface area contributed by atoms with E-state index in [1.165, 1.54) is 19.3 Å². The lowest BCUT2D eigenvalue weighted by Crippen LogP contribution is -2.45. The highest BCUT2D eigenvalue weighted by Gasteiger charge is 2.25. The molecule has 1 aliphatic heterocycles. The number of β-amino-alcohol motifs (C(OH)–C–C–N with tert-alkyl or cyclic N) is 1. The molecule has 0 aromatic heterocycles. The number of hydrogen-bond donors (Lipinski definition) is 2. The molecule has 4 unspecified atom stereocenters. The molecule has 2 N–H and O–H groups in total. The van der Waals surface area contributed by atoms with Gasteiger partial charge >= 0.3 is 0 Å². The van der Waals surface area contributed by atoms with Gasteiger partial charge in [-0.25, -0.2) is 4.21 Å². The minimum Gasteiger partial charge on any atom is -0.392 e. The molecule has 1 fully saturated rings.